The zero-order chi connectivity index (χ0) is 25.9. The monoisotopic (exact) mass is 516 g/mol. The third-order valence-corrected chi connectivity index (χ3v) is 6.59. The Hall–Kier alpha value is -4.15. The summed E-state index contributed by atoms with van der Waals surface area (Å²) in [6, 6.07) is 19.9. The van der Waals surface area contributed by atoms with Gasteiger partial charge in [-0.1, -0.05) is 30.3 Å². The van der Waals surface area contributed by atoms with Crippen LogP contribution in [0.2, 0.25) is 0 Å². The molecule has 3 aliphatic rings. The van der Waals surface area contributed by atoms with Gasteiger partial charge in [-0.25, -0.2) is 9.78 Å². The minimum atomic E-state index is -0.450. The number of rotatable bonds is 9. The molecule has 3 aliphatic heterocycles. The molecular formula is C28H28N4O6. The van der Waals surface area contributed by atoms with Crippen LogP contribution < -0.4 is 25.0 Å². The van der Waals surface area contributed by atoms with Crippen LogP contribution in [0.4, 0.5) is 16.4 Å². The Morgan fingerprint density at radius 3 is 2.74 bits per heavy atom. The van der Waals surface area contributed by atoms with Gasteiger partial charge >= 0.3 is 6.09 Å². The van der Waals surface area contributed by atoms with Gasteiger partial charge in [0.2, 0.25) is 0 Å². The van der Waals surface area contributed by atoms with Crippen LogP contribution in [-0.4, -0.2) is 62.1 Å². The van der Waals surface area contributed by atoms with Crippen LogP contribution in [0, 0.1) is 0 Å². The van der Waals surface area contributed by atoms with E-state index >= 15 is 0 Å². The van der Waals surface area contributed by atoms with Crippen molar-refractivity contribution in [3.05, 3.63) is 66.2 Å². The first-order chi connectivity index (χ1) is 18.6. The average molecular weight is 517 g/mol. The molecule has 10 nitrogen and oxygen atoms in total. The summed E-state index contributed by atoms with van der Waals surface area (Å²) in [6.45, 7) is 3.01. The van der Waals surface area contributed by atoms with E-state index in [9.17, 15) is 9.59 Å². The summed E-state index contributed by atoms with van der Waals surface area (Å²) in [5.41, 5.74) is 3.39. The van der Waals surface area contributed by atoms with Gasteiger partial charge in [0.05, 0.1) is 19.8 Å². The molecule has 2 N–H and O–H groups in total. The van der Waals surface area contributed by atoms with Crippen molar-refractivity contribution in [2.24, 2.45) is 0 Å². The maximum absolute atomic E-state index is 12.5. The highest BCUT2D eigenvalue weighted by atomic mass is 16.6. The van der Waals surface area contributed by atoms with Crippen LogP contribution in [0.1, 0.15) is 12.0 Å². The van der Waals surface area contributed by atoms with Gasteiger partial charge in [0.25, 0.3) is 5.91 Å². The highest BCUT2D eigenvalue weighted by Crippen LogP contribution is 2.30. The molecule has 1 aromatic heterocycles. The number of amides is 2. The fourth-order valence-electron chi connectivity index (χ4n) is 4.54. The summed E-state index contributed by atoms with van der Waals surface area (Å²) < 4.78 is 22.0. The van der Waals surface area contributed by atoms with Crippen LogP contribution in [0.25, 0.3) is 11.1 Å². The minimum absolute atomic E-state index is 0.0438. The molecule has 0 spiro atoms. The Morgan fingerprint density at radius 2 is 1.89 bits per heavy atom. The number of aromatic nitrogens is 1. The number of pyridine rings is 1. The fourth-order valence-corrected chi connectivity index (χ4v) is 4.54. The molecular weight excluding hydrogens is 488 g/mol. The van der Waals surface area contributed by atoms with Crippen molar-refractivity contribution >= 4 is 23.6 Å². The molecule has 2 aromatic carbocycles. The standard InChI is InChI=1S/C28H28N4O6/c33-26-17-36-24-7-8-25(30-27(24)31-26)32-14-22(38-28(32)34)9-10-29-13-18-3-1-4-19(11-18)20-5-2-6-21(12-20)37-23-15-35-16-23/h1-8,11-12,22-23,29H,9-10,13-17H2,(H,30,31,33)/t22-/m0/s1. The van der Waals surface area contributed by atoms with Gasteiger partial charge in [-0.05, 0) is 60.0 Å². The zero-order valence-electron chi connectivity index (χ0n) is 20.7. The average Bonchev–Trinajstić information content (AvgIpc) is 3.29. The maximum atomic E-state index is 12.5. The van der Waals surface area contributed by atoms with Crippen molar-refractivity contribution in [2.45, 2.75) is 25.2 Å². The maximum Gasteiger partial charge on any atom is 0.415 e. The second kappa shape index (κ2) is 10.7. The first-order valence-electron chi connectivity index (χ1n) is 12.7. The number of benzene rings is 2. The number of ether oxygens (including phenoxy) is 4. The number of fused-ring (bicyclic) bond motifs is 1. The minimum Gasteiger partial charge on any atom is -0.486 e. The van der Waals surface area contributed by atoms with E-state index in [2.05, 4.69) is 52.0 Å². The molecule has 0 radical (unpaired) electrons. The van der Waals surface area contributed by atoms with Crippen LogP contribution >= 0.6 is 0 Å². The first-order valence-corrected chi connectivity index (χ1v) is 12.7. The van der Waals surface area contributed by atoms with Crippen LogP contribution in [-0.2, 0) is 20.8 Å². The van der Waals surface area contributed by atoms with E-state index in [0.717, 1.165) is 22.4 Å². The van der Waals surface area contributed by atoms with Gasteiger partial charge < -0.3 is 29.6 Å². The van der Waals surface area contributed by atoms with Gasteiger partial charge in [-0.2, -0.15) is 0 Å². The molecule has 4 heterocycles. The lowest BCUT2D eigenvalue weighted by Crippen LogP contribution is -2.38. The highest BCUT2D eigenvalue weighted by Gasteiger charge is 2.33. The topological polar surface area (TPSA) is 111 Å². The Kier molecular flexibility index (Phi) is 6.80. The molecule has 2 saturated heterocycles. The Balaban J connectivity index is 1.00. The Labute approximate surface area is 219 Å². The van der Waals surface area contributed by atoms with Crippen molar-refractivity contribution in [1.82, 2.24) is 10.3 Å². The Morgan fingerprint density at radius 1 is 1.05 bits per heavy atom. The third-order valence-electron chi connectivity index (χ3n) is 6.59. The van der Waals surface area contributed by atoms with Crippen LogP contribution in [0.15, 0.2) is 60.7 Å². The van der Waals surface area contributed by atoms with Crippen LogP contribution in [0.5, 0.6) is 11.5 Å². The normalized spacial score (nSPS) is 18.7. The molecule has 0 bridgehead atoms. The van der Waals surface area contributed by atoms with E-state index in [1.807, 2.05) is 12.1 Å². The van der Waals surface area contributed by atoms with E-state index in [1.165, 1.54) is 4.90 Å². The lowest BCUT2D eigenvalue weighted by atomic mass is 10.0. The van der Waals surface area contributed by atoms with E-state index < -0.39 is 6.09 Å². The molecule has 196 valence electrons. The van der Waals surface area contributed by atoms with Gasteiger partial charge in [0, 0.05) is 6.54 Å². The molecule has 0 aliphatic carbocycles. The van der Waals surface area contributed by atoms with Crippen molar-refractivity contribution in [1.29, 1.82) is 0 Å². The summed E-state index contributed by atoms with van der Waals surface area (Å²) in [5, 5.41) is 6.11. The largest absolute Gasteiger partial charge is 0.486 e. The second-order valence-corrected chi connectivity index (χ2v) is 9.44. The number of nitrogens with one attached hydrogen (secondary N) is 2. The van der Waals surface area contributed by atoms with Crippen molar-refractivity contribution in [2.75, 3.05) is 43.1 Å². The molecule has 38 heavy (non-hydrogen) atoms. The first kappa shape index (κ1) is 24.2. The second-order valence-electron chi connectivity index (χ2n) is 9.44. The summed E-state index contributed by atoms with van der Waals surface area (Å²) >= 11 is 0. The molecule has 0 unspecified atom stereocenters. The highest BCUT2D eigenvalue weighted by molar-refractivity contribution is 5.95. The number of nitrogens with zero attached hydrogens (tertiary/aromatic N) is 2. The molecule has 1 atom stereocenters. The van der Waals surface area contributed by atoms with Gasteiger partial charge in [0.1, 0.15) is 23.8 Å². The summed E-state index contributed by atoms with van der Waals surface area (Å²) in [5.74, 6) is 1.79. The zero-order valence-corrected chi connectivity index (χ0v) is 20.7. The summed E-state index contributed by atoms with van der Waals surface area (Å²) in [7, 11) is 0. The molecule has 2 amide bonds. The lowest BCUT2D eigenvalue weighted by Gasteiger charge is -2.26. The lowest BCUT2D eigenvalue weighted by molar-refractivity contribution is -0.118. The van der Waals surface area contributed by atoms with E-state index in [1.54, 1.807) is 12.1 Å². The quantitative estimate of drug-likeness (QED) is 0.417. The third kappa shape index (κ3) is 5.41. The van der Waals surface area contributed by atoms with Crippen LogP contribution in [0.3, 0.4) is 0 Å². The SMILES string of the molecule is O=C1COc2ccc(N3C[C@H](CCNCc4cccc(-c5cccc(OC6COC6)c5)c4)OC3=O)nc2N1. The summed E-state index contributed by atoms with van der Waals surface area (Å²) in [6.07, 6.45) is 0.0957. The van der Waals surface area contributed by atoms with E-state index in [0.29, 0.717) is 56.7 Å². The number of cyclic esters (lactones) is 1. The number of anilines is 2. The summed E-state index contributed by atoms with van der Waals surface area (Å²) in [4.78, 5) is 29.9. The Bertz CT molecular complexity index is 1340. The van der Waals surface area contributed by atoms with Gasteiger partial charge in [-0.15, -0.1) is 0 Å². The van der Waals surface area contributed by atoms with Gasteiger partial charge in [-0.3, -0.25) is 9.69 Å². The molecule has 3 aromatic rings. The number of hydrogen-bond acceptors (Lipinski definition) is 8. The van der Waals surface area contributed by atoms with Crippen molar-refractivity contribution in [3.8, 4) is 22.6 Å². The van der Waals surface area contributed by atoms with E-state index in [-0.39, 0.29) is 24.7 Å². The number of carbonyl (C=O) groups excluding carboxylic acids is 2. The van der Waals surface area contributed by atoms with Gasteiger partial charge in [0.15, 0.2) is 18.2 Å². The predicted octanol–water partition coefficient (Wildman–Crippen LogP) is 3.36. The van der Waals surface area contributed by atoms with E-state index in [4.69, 9.17) is 18.9 Å². The van der Waals surface area contributed by atoms with Crippen molar-refractivity contribution < 1.29 is 28.5 Å². The molecule has 10 heteroatoms. The number of hydrogen-bond donors (Lipinski definition) is 2. The fraction of sp³-hybridized carbons (Fsp3) is 0.321. The van der Waals surface area contributed by atoms with Crippen molar-refractivity contribution in [3.63, 3.8) is 0 Å². The molecule has 0 saturated carbocycles. The molecule has 2 fully saturated rings. The number of carbonyl (C=O) groups is 2. The predicted molar refractivity (Wildman–Crippen MR) is 139 cm³/mol. The molecule has 6 rings (SSSR count). The smallest absolute Gasteiger partial charge is 0.415 e.